The SMILES string of the molecule is CCCNC1CCCN(C2(C)CCCOC2)C1. The van der Waals surface area contributed by atoms with E-state index in [1.165, 1.54) is 45.2 Å². The van der Waals surface area contributed by atoms with Crippen LogP contribution in [0.15, 0.2) is 0 Å². The lowest BCUT2D eigenvalue weighted by atomic mass is 9.89. The molecule has 0 aliphatic carbocycles. The smallest absolute Gasteiger partial charge is 0.0647 e. The van der Waals surface area contributed by atoms with Crippen LogP contribution in [0.2, 0.25) is 0 Å². The second kappa shape index (κ2) is 6.17. The minimum atomic E-state index is 0.296. The predicted molar refractivity (Wildman–Crippen MR) is 71.3 cm³/mol. The molecule has 100 valence electrons. The molecule has 3 heteroatoms. The third kappa shape index (κ3) is 3.43. The van der Waals surface area contributed by atoms with Crippen molar-refractivity contribution in [2.75, 3.05) is 32.8 Å². The fourth-order valence-electron chi connectivity index (χ4n) is 3.15. The van der Waals surface area contributed by atoms with Gasteiger partial charge in [-0.3, -0.25) is 4.90 Å². The second-order valence-corrected chi connectivity index (χ2v) is 5.89. The Kier molecular flexibility index (Phi) is 4.83. The minimum Gasteiger partial charge on any atom is -0.380 e. The molecule has 0 aromatic carbocycles. The van der Waals surface area contributed by atoms with Crippen LogP contribution in [-0.4, -0.2) is 49.3 Å². The third-order valence-electron chi connectivity index (χ3n) is 4.28. The van der Waals surface area contributed by atoms with Gasteiger partial charge in [-0.05, 0) is 52.1 Å². The molecule has 2 aliphatic heterocycles. The minimum absolute atomic E-state index is 0.296. The highest BCUT2D eigenvalue weighted by Crippen LogP contribution is 2.28. The van der Waals surface area contributed by atoms with Crippen molar-refractivity contribution in [1.29, 1.82) is 0 Å². The molecule has 2 atom stereocenters. The molecule has 2 heterocycles. The third-order valence-corrected chi connectivity index (χ3v) is 4.28. The van der Waals surface area contributed by atoms with Gasteiger partial charge in [0.1, 0.15) is 0 Å². The number of ether oxygens (including phenoxy) is 1. The van der Waals surface area contributed by atoms with Crippen molar-refractivity contribution in [3.8, 4) is 0 Å². The second-order valence-electron chi connectivity index (χ2n) is 5.89. The zero-order valence-corrected chi connectivity index (χ0v) is 11.5. The Morgan fingerprint density at radius 1 is 1.41 bits per heavy atom. The Hall–Kier alpha value is -0.120. The van der Waals surface area contributed by atoms with E-state index in [-0.39, 0.29) is 0 Å². The van der Waals surface area contributed by atoms with E-state index in [4.69, 9.17) is 4.74 Å². The Labute approximate surface area is 106 Å². The van der Waals surface area contributed by atoms with Crippen LogP contribution < -0.4 is 5.32 Å². The highest BCUT2D eigenvalue weighted by molar-refractivity contribution is 4.92. The molecule has 2 aliphatic rings. The molecule has 2 rings (SSSR count). The van der Waals surface area contributed by atoms with Gasteiger partial charge in [0.05, 0.1) is 6.61 Å². The van der Waals surface area contributed by atoms with E-state index >= 15 is 0 Å². The van der Waals surface area contributed by atoms with Crippen LogP contribution in [0.3, 0.4) is 0 Å². The van der Waals surface area contributed by atoms with Crippen molar-refractivity contribution in [2.45, 2.75) is 57.5 Å². The summed E-state index contributed by atoms with van der Waals surface area (Å²) in [6.07, 6.45) is 6.43. The lowest BCUT2D eigenvalue weighted by Gasteiger charge is -2.47. The van der Waals surface area contributed by atoms with Crippen LogP contribution in [0.1, 0.15) is 46.0 Å². The molecule has 2 saturated heterocycles. The van der Waals surface area contributed by atoms with Crippen molar-refractivity contribution in [3.05, 3.63) is 0 Å². The summed E-state index contributed by atoms with van der Waals surface area (Å²) in [5, 5.41) is 3.68. The zero-order valence-electron chi connectivity index (χ0n) is 11.5. The molecule has 0 saturated carbocycles. The molecule has 2 unspecified atom stereocenters. The van der Waals surface area contributed by atoms with Crippen molar-refractivity contribution < 1.29 is 4.74 Å². The van der Waals surface area contributed by atoms with Gasteiger partial charge in [0.25, 0.3) is 0 Å². The van der Waals surface area contributed by atoms with Crippen molar-refractivity contribution >= 4 is 0 Å². The Bertz CT molecular complexity index is 226. The summed E-state index contributed by atoms with van der Waals surface area (Å²) in [6, 6.07) is 0.697. The lowest BCUT2D eigenvalue weighted by Crippen LogP contribution is -2.58. The van der Waals surface area contributed by atoms with Gasteiger partial charge >= 0.3 is 0 Å². The number of nitrogens with zero attached hydrogens (tertiary/aromatic N) is 1. The van der Waals surface area contributed by atoms with Gasteiger partial charge in [-0.15, -0.1) is 0 Å². The molecular weight excluding hydrogens is 212 g/mol. The zero-order chi connectivity index (χ0) is 12.1. The molecular formula is C14H28N2O. The van der Waals surface area contributed by atoms with Crippen LogP contribution in [0.4, 0.5) is 0 Å². The number of piperidine rings is 1. The number of hydrogen-bond acceptors (Lipinski definition) is 3. The topological polar surface area (TPSA) is 24.5 Å². The van der Waals surface area contributed by atoms with Crippen molar-refractivity contribution in [3.63, 3.8) is 0 Å². The maximum Gasteiger partial charge on any atom is 0.0647 e. The van der Waals surface area contributed by atoms with Crippen molar-refractivity contribution in [1.82, 2.24) is 10.2 Å². The highest BCUT2D eigenvalue weighted by atomic mass is 16.5. The fourth-order valence-corrected chi connectivity index (χ4v) is 3.15. The number of nitrogens with one attached hydrogen (secondary N) is 1. The standard InChI is InChI=1S/C14H28N2O/c1-3-8-15-13-6-4-9-16(11-13)14(2)7-5-10-17-12-14/h13,15H,3-12H2,1-2H3. The largest absolute Gasteiger partial charge is 0.380 e. The van der Waals surface area contributed by atoms with Crippen LogP contribution in [0, 0.1) is 0 Å². The van der Waals surface area contributed by atoms with Crippen LogP contribution >= 0.6 is 0 Å². The fraction of sp³-hybridized carbons (Fsp3) is 1.00. The number of likely N-dealkylation sites (tertiary alicyclic amines) is 1. The summed E-state index contributed by atoms with van der Waals surface area (Å²) in [5.74, 6) is 0. The monoisotopic (exact) mass is 240 g/mol. The molecule has 0 aromatic rings. The van der Waals surface area contributed by atoms with Gasteiger partial charge in [-0.25, -0.2) is 0 Å². The summed E-state index contributed by atoms with van der Waals surface area (Å²) >= 11 is 0. The highest BCUT2D eigenvalue weighted by Gasteiger charge is 2.36. The Morgan fingerprint density at radius 3 is 3.00 bits per heavy atom. The van der Waals surface area contributed by atoms with Crippen LogP contribution in [0.25, 0.3) is 0 Å². The van der Waals surface area contributed by atoms with E-state index < -0.39 is 0 Å². The molecule has 3 nitrogen and oxygen atoms in total. The van der Waals surface area contributed by atoms with Gasteiger partial charge in [0.2, 0.25) is 0 Å². The van der Waals surface area contributed by atoms with Crippen LogP contribution in [0.5, 0.6) is 0 Å². The maximum absolute atomic E-state index is 5.69. The number of rotatable bonds is 4. The lowest BCUT2D eigenvalue weighted by molar-refractivity contribution is -0.0510. The average Bonchev–Trinajstić information content (AvgIpc) is 2.38. The summed E-state index contributed by atoms with van der Waals surface area (Å²) in [6.45, 7) is 10.1. The first kappa shape index (κ1) is 13.3. The van der Waals surface area contributed by atoms with Gasteiger partial charge in [-0.2, -0.15) is 0 Å². The quantitative estimate of drug-likeness (QED) is 0.813. The first-order valence-electron chi connectivity index (χ1n) is 7.31. The molecule has 0 bridgehead atoms. The summed E-state index contributed by atoms with van der Waals surface area (Å²) in [7, 11) is 0. The van der Waals surface area contributed by atoms with Crippen LogP contribution in [-0.2, 0) is 4.74 Å². The first-order chi connectivity index (χ1) is 8.24. The summed E-state index contributed by atoms with van der Waals surface area (Å²) < 4.78 is 5.69. The number of hydrogen-bond donors (Lipinski definition) is 1. The van der Waals surface area contributed by atoms with Gasteiger partial charge in [0.15, 0.2) is 0 Å². The van der Waals surface area contributed by atoms with E-state index in [9.17, 15) is 0 Å². The summed E-state index contributed by atoms with van der Waals surface area (Å²) in [5.41, 5.74) is 0.296. The molecule has 2 fully saturated rings. The van der Waals surface area contributed by atoms with E-state index in [2.05, 4.69) is 24.1 Å². The average molecular weight is 240 g/mol. The predicted octanol–water partition coefficient (Wildman–Crippen LogP) is 2.02. The Balaban J connectivity index is 1.87. The first-order valence-corrected chi connectivity index (χ1v) is 7.31. The van der Waals surface area contributed by atoms with E-state index in [0.29, 0.717) is 11.6 Å². The Morgan fingerprint density at radius 2 is 2.29 bits per heavy atom. The molecule has 1 N–H and O–H groups in total. The molecule has 0 amide bonds. The molecule has 17 heavy (non-hydrogen) atoms. The van der Waals surface area contributed by atoms with E-state index in [1.54, 1.807) is 0 Å². The molecule has 0 aromatic heterocycles. The van der Waals surface area contributed by atoms with E-state index in [0.717, 1.165) is 19.8 Å². The van der Waals surface area contributed by atoms with Gasteiger partial charge in [0, 0.05) is 24.7 Å². The van der Waals surface area contributed by atoms with Crippen molar-refractivity contribution in [2.24, 2.45) is 0 Å². The molecule has 0 radical (unpaired) electrons. The van der Waals surface area contributed by atoms with E-state index in [1.807, 2.05) is 0 Å². The van der Waals surface area contributed by atoms with Gasteiger partial charge < -0.3 is 10.1 Å². The van der Waals surface area contributed by atoms with Gasteiger partial charge in [-0.1, -0.05) is 6.92 Å². The summed E-state index contributed by atoms with van der Waals surface area (Å²) in [4.78, 5) is 2.67. The maximum atomic E-state index is 5.69. The normalized spacial score (nSPS) is 36.0. The molecule has 0 spiro atoms.